The number of hydrogen-bond donors (Lipinski definition) is 1. The lowest BCUT2D eigenvalue weighted by atomic mass is 10.2. The summed E-state index contributed by atoms with van der Waals surface area (Å²) in [7, 11) is 0. The van der Waals surface area contributed by atoms with Crippen LogP contribution in [0.5, 0.6) is 0 Å². The van der Waals surface area contributed by atoms with Crippen molar-refractivity contribution in [3.05, 3.63) is 55.7 Å². The van der Waals surface area contributed by atoms with E-state index in [1.807, 2.05) is 0 Å². The van der Waals surface area contributed by atoms with Crippen LogP contribution in [0.1, 0.15) is 22.4 Å². The minimum Gasteiger partial charge on any atom is -0.261 e. The van der Waals surface area contributed by atoms with Crippen molar-refractivity contribution in [2.45, 2.75) is 19.3 Å². The molecule has 0 saturated heterocycles. The van der Waals surface area contributed by atoms with Crippen LogP contribution in [0.15, 0.2) is 29.6 Å². The van der Waals surface area contributed by atoms with Gasteiger partial charge in [-0.05, 0) is 30.9 Å². The highest BCUT2D eigenvalue weighted by atomic mass is 35.5. The molecule has 25 heavy (non-hydrogen) atoms. The van der Waals surface area contributed by atoms with E-state index >= 15 is 0 Å². The molecule has 0 radical (unpaired) electrons. The van der Waals surface area contributed by atoms with Gasteiger partial charge in [0.1, 0.15) is 11.2 Å². The Balaban J connectivity index is 1.64. The number of hydrogen-bond acceptors (Lipinski definition) is 7. The first kappa shape index (κ1) is 15.9. The van der Waals surface area contributed by atoms with Crippen molar-refractivity contribution in [3.8, 4) is 0 Å². The van der Waals surface area contributed by atoms with Crippen molar-refractivity contribution >= 4 is 50.9 Å². The summed E-state index contributed by atoms with van der Waals surface area (Å²) in [6, 6.07) is 4.22. The minimum absolute atomic E-state index is 0.0362. The molecule has 0 aliphatic heterocycles. The third-order valence-electron chi connectivity index (χ3n) is 4.07. The second kappa shape index (κ2) is 6.38. The number of nitro groups is 1. The zero-order chi connectivity index (χ0) is 17.4. The van der Waals surface area contributed by atoms with E-state index in [4.69, 9.17) is 11.6 Å². The maximum atomic E-state index is 10.9. The molecule has 0 atom stereocenters. The Bertz CT molecular complexity index is 1020. The van der Waals surface area contributed by atoms with Gasteiger partial charge < -0.3 is 0 Å². The summed E-state index contributed by atoms with van der Waals surface area (Å²) in [6.45, 7) is 0. The van der Waals surface area contributed by atoms with Gasteiger partial charge in [-0.15, -0.1) is 11.3 Å². The lowest BCUT2D eigenvalue weighted by Crippen LogP contribution is -1.97. The van der Waals surface area contributed by atoms with Crippen molar-refractivity contribution in [2.24, 2.45) is 5.10 Å². The maximum Gasteiger partial charge on any atom is 0.270 e. The minimum atomic E-state index is -0.469. The van der Waals surface area contributed by atoms with Crippen LogP contribution in [-0.2, 0) is 12.8 Å². The van der Waals surface area contributed by atoms with Gasteiger partial charge in [-0.1, -0.05) is 11.6 Å². The van der Waals surface area contributed by atoms with Crippen LogP contribution in [-0.4, -0.2) is 21.1 Å². The number of nitrogens with zero attached hydrogens (tertiary/aromatic N) is 4. The fourth-order valence-corrected chi connectivity index (χ4v) is 4.32. The molecule has 1 N–H and O–H groups in total. The third-order valence-corrected chi connectivity index (χ3v) is 5.61. The largest absolute Gasteiger partial charge is 0.270 e. The average Bonchev–Trinajstić information content (AvgIpc) is 3.17. The average molecular weight is 374 g/mol. The predicted molar refractivity (Wildman–Crippen MR) is 98.8 cm³/mol. The fourth-order valence-electron chi connectivity index (χ4n) is 2.92. The van der Waals surface area contributed by atoms with E-state index in [0.717, 1.165) is 29.5 Å². The molecule has 1 aromatic carbocycles. The van der Waals surface area contributed by atoms with Gasteiger partial charge in [-0.3, -0.25) is 15.5 Å². The van der Waals surface area contributed by atoms with Crippen LogP contribution in [0.4, 0.5) is 11.5 Å². The number of fused-ring (bicyclic) bond motifs is 3. The van der Waals surface area contributed by atoms with Crippen molar-refractivity contribution < 1.29 is 4.92 Å². The molecule has 1 aliphatic rings. The number of benzene rings is 1. The summed E-state index contributed by atoms with van der Waals surface area (Å²) in [4.78, 5) is 21.3. The highest BCUT2D eigenvalue weighted by Crippen LogP contribution is 2.38. The first-order valence-electron chi connectivity index (χ1n) is 7.62. The monoisotopic (exact) mass is 373 g/mol. The molecular weight excluding hydrogens is 362 g/mol. The smallest absolute Gasteiger partial charge is 0.261 e. The van der Waals surface area contributed by atoms with Crippen LogP contribution in [0.3, 0.4) is 0 Å². The molecular formula is C16H12ClN5O2S. The third kappa shape index (κ3) is 2.94. The van der Waals surface area contributed by atoms with Crippen molar-refractivity contribution in [3.63, 3.8) is 0 Å². The van der Waals surface area contributed by atoms with Gasteiger partial charge in [0.25, 0.3) is 5.69 Å². The van der Waals surface area contributed by atoms with E-state index in [9.17, 15) is 10.1 Å². The van der Waals surface area contributed by atoms with Gasteiger partial charge in [0.05, 0.1) is 16.5 Å². The molecule has 2 aromatic heterocycles. The van der Waals surface area contributed by atoms with Crippen LogP contribution in [0, 0.1) is 10.1 Å². The van der Waals surface area contributed by atoms with Crippen LogP contribution in [0.2, 0.25) is 5.02 Å². The lowest BCUT2D eigenvalue weighted by Gasteiger charge is -2.03. The first-order valence-corrected chi connectivity index (χ1v) is 8.81. The highest BCUT2D eigenvalue weighted by molar-refractivity contribution is 7.19. The lowest BCUT2D eigenvalue weighted by molar-refractivity contribution is -0.384. The Labute approximate surface area is 151 Å². The van der Waals surface area contributed by atoms with E-state index in [0.29, 0.717) is 16.4 Å². The number of non-ortho nitro benzene ring substituents is 1. The van der Waals surface area contributed by atoms with Crippen LogP contribution in [0.25, 0.3) is 10.2 Å². The van der Waals surface area contributed by atoms with Gasteiger partial charge in [0, 0.05) is 27.6 Å². The normalized spacial score (nSPS) is 13.5. The standard InChI is InChI=1S/C16H12ClN5O2S/c17-12-5-4-10(22(23)24)6-9(12)7-20-21-15-14-11-2-1-3-13(11)25-16(14)19-8-18-15/h4-8H,1-3H2,(H,18,19,21)/b20-7-. The number of anilines is 1. The SMILES string of the molecule is O=[N+]([O-])c1ccc(Cl)c(/C=N\Nc2ncnc3sc4c(c23)CCC4)c1. The highest BCUT2D eigenvalue weighted by Gasteiger charge is 2.21. The molecule has 3 aromatic rings. The molecule has 4 rings (SSSR count). The number of nitrogens with one attached hydrogen (secondary N) is 1. The molecule has 0 unspecified atom stereocenters. The number of aromatic nitrogens is 2. The van der Waals surface area contributed by atoms with Crippen molar-refractivity contribution in [1.29, 1.82) is 0 Å². The molecule has 9 heteroatoms. The molecule has 2 heterocycles. The zero-order valence-electron chi connectivity index (χ0n) is 12.9. The Hall–Kier alpha value is -2.58. The topological polar surface area (TPSA) is 93.3 Å². The van der Waals surface area contributed by atoms with Gasteiger partial charge >= 0.3 is 0 Å². The Morgan fingerprint density at radius 3 is 3.08 bits per heavy atom. The Kier molecular flexibility index (Phi) is 4.06. The van der Waals surface area contributed by atoms with E-state index in [2.05, 4.69) is 20.5 Å². The summed E-state index contributed by atoms with van der Waals surface area (Å²) in [5.41, 5.74) is 4.65. The van der Waals surface area contributed by atoms with Crippen molar-refractivity contribution in [1.82, 2.24) is 9.97 Å². The second-order valence-electron chi connectivity index (χ2n) is 5.59. The van der Waals surface area contributed by atoms with Crippen LogP contribution < -0.4 is 5.43 Å². The number of halogens is 1. The predicted octanol–water partition coefficient (Wildman–Crippen LogP) is 4.19. The van der Waals surface area contributed by atoms with E-state index in [-0.39, 0.29) is 5.69 Å². The van der Waals surface area contributed by atoms with E-state index < -0.39 is 4.92 Å². The molecule has 0 fully saturated rings. The van der Waals surface area contributed by atoms with E-state index in [1.54, 1.807) is 11.3 Å². The first-order chi connectivity index (χ1) is 12.1. The summed E-state index contributed by atoms with van der Waals surface area (Å²) >= 11 is 7.77. The Morgan fingerprint density at radius 2 is 2.24 bits per heavy atom. The molecule has 0 amide bonds. The van der Waals surface area contributed by atoms with Gasteiger partial charge in [-0.25, -0.2) is 9.97 Å². The zero-order valence-corrected chi connectivity index (χ0v) is 14.5. The van der Waals surface area contributed by atoms with Gasteiger partial charge in [-0.2, -0.15) is 5.10 Å². The van der Waals surface area contributed by atoms with Crippen LogP contribution >= 0.6 is 22.9 Å². The molecule has 1 aliphatic carbocycles. The Morgan fingerprint density at radius 1 is 1.36 bits per heavy atom. The molecule has 126 valence electrons. The number of hydrazone groups is 1. The summed E-state index contributed by atoms with van der Waals surface area (Å²) in [5.74, 6) is 0.641. The number of aryl methyl sites for hydroxylation is 2. The number of rotatable bonds is 4. The second-order valence-corrected chi connectivity index (χ2v) is 7.08. The summed E-state index contributed by atoms with van der Waals surface area (Å²) < 4.78 is 0. The summed E-state index contributed by atoms with van der Waals surface area (Å²) in [6.07, 6.45) is 6.22. The molecule has 0 bridgehead atoms. The van der Waals surface area contributed by atoms with E-state index in [1.165, 1.54) is 41.2 Å². The number of nitro benzene ring substituents is 1. The molecule has 0 saturated carbocycles. The molecule has 7 nitrogen and oxygen atoms in total. The quantitative estimate of drug-likeness (QED) is 0.420. The summed E-state index contributed by atoms with van der Waals surface area (Å²) in [5, 5.41) is 16.4. The maximum absolute atomic E-state index is 10.9. The van der Waals surface area contributed by atoms with Gasteiger partial charge in [0.15, 0.2) is 5.82 Å². The number of thiophene rings is 1. The molecule has 0 spiro atoms. The van der Waals surface area contributed by atoms with Gasteiger partial charge in [0.2, 0.25) is 0 Å². The fraction of sp³-hybridized carbons (Fsp3) is 0.188. The van der Waals surface area contributed by atoms with Crippen molar-refractivity contribution in [2.75, 3.05) is 5.43 Å².